The number of hydrogen-bond acceptors (Lipinski definition) is 1. The Kier molecular flexibility index (Phi) is 3.27. The fourth-order valence-electron chi connectivity index (χ4n) is 0.739. The van der Waals surface area contributed by atoms with Crippen LogP contribution in [0.1, 0.15) is 5.56 Å². The molecule has 0 amide bonds. The van der Waals surface area contributed by atoms with Gasteiger partial charge in [0.05, 0.1) is 5.02 Å². The molecule has 64 valence electrons. The molecule has 1 aromatic rings. The normalized spacial score (nSPS) is 9.58. The molecule has 4 heteroatoms. The third-order valence-electron chi connectivity index (χ3n) is 1.25. The minimum Gasteiger partial charge on any atom is -0.506 e. The number of aromatic hydroxyl groups is 1. The van der Waals surface area contributed by atoms with Gasteiger partial charge >= 0.3 is 0 Å². The monoisotopic (exact) mass is 222 g/mol. The number of hydrogen-bond donors (Lipinski definition) is 1. The van der Waals surface area contributed by atoms with Crippen LogP contribution in [0.2, 0.25) is 5.02 Å². The first-order valence-electron chi connectivity index (χ1n) is 3.11. The predicted molar refractivity (Wildman–Crippen MR) is 52.8 cm³/mol. The summed E-state index contributed by atoms with van der Waals surface area (Å²) in [7, 11) is 0. The lowest BCUT2D eigenvalue weighted by Gasteiger charge is -1.97. The highest BCUT2D eigenvalue weighted by Gasteiger charge is 1.97. The Balaban J connectivity index is 3.05. The van der Waals surface area contributed by atoms with Gasteiger partial charge in [0.1, 0.15) is 10.2 Å². The zero-order valence-corrected chi connectivity index (χ0v) is 8.16. The van der Waals surface area contributed by atoms with Crippen LogP contribution in [-0.4, -0.2) is 5.11 Å². The van der Waals surface area contributed by atoms with Crippen molar-refractivity contribution in [1.82, 2.24) is 0 Å². The van der Waals surface area contributed by atoms with E-state index in [0.717, 1.165) is 5.56 Å². The van der Waals surface area contributed by atoms with Gasteiger partial charge < -0.3 is 5.11 Å². The standard InChI is InChI=1S/C8H5Cl3O/c9-6-3-5(4-8(10)11)1-2-7(6)12/h1-4,12H. The SMILES string of the molecule is Oc1ccc(C=C(Cl)Cl)cc1Cl. The van der Waals surface area contributed by atoms with Gasteiger partial charge in [-0.15, -0.1) is 0 Å². The van der Waals surface area contributed by atoms with Crippen molar-refractivity contribution in [2.75, 3.05) is 0 Å². The summed E-state index contributed by atoms with van der Waals surface area (Å²) in [5.74, 6) is 0.0412. The average molecular weight is 223 g/mol. The summed E-state index contributed by atoms with van der Waals surface area (Å²) in [6.45, 7) is 0. The number of phenolic OH excluding ortho intramolecular Hbond substituents is 1. The fraction of sp³-hybridized carbons (Fsp3) is 0. The van der Waals surface area contributed by atoms with Crippen molar-refractivity contribution in [3.8, 4) is 5.75 Å². The second kappa shape index (κ2) is 4.04. The molecule has 1 aromatic carbocycles. The van der Waals surface area contributed by atoms with Gasteiger partial charge in [0.2, 0.25) is 0 Å². The van der Waals surface area contributed by atoms with E-state index in [9.17, 15) is 0 Å². The molecule has 1 rings (SSSR count). The van der Waals surface area contributed by atoms with Crippen molar-refractivity contribution >= 4 is 40.9 Å². The zero-order chi connectivity index (χ0) is 9.14. The van der Waals surface area contributed by atoms with Crippen molar-refractivity contribution in [2.24, 2.45) is 0 Å². The minimum absolute atomic E-state index is 0.0412. The summed E-state index contributed by atoms with van der Waals surface area (Å²) >= 11 is 16.5. The second-order valence-corrected chi connectivity index (χ2v) is 3.56. The maximum absolute atomic E-state index is 9.06. The fourth-order valence-corrected chi connectivity index (χ4v) is 1.18. The van der Waals surface area contributed by atoms with Crippen LogP contribution in [0.25, 0.3) is 6.08 Å². The first-order chi connectivity index (χ1) is 5.59. The van der Waals surface area contributed by atoms with E-state index in [2.05, 4.69) is 0 Å². The van der Waals surface area contributed by atoms with Crippen LogP contribution >= 0.6 is 34.8 Å². The van der Waals surface area contributed by atoms with Gasteiger partial charge in [-0.25, -0.2) is 0 Å². The Morgan fingerprint density at radius 2 is 2.00 bits per heavy atom. The smallest absolute Gasteiger partial charge is 0.134 e. The lowest BCUT2D eigenvalue weighted by atomic mass is 10.2. The topological polar surface area (TPSA) is 20.2 Å². The molecular formula is C8H5Cl3O. The highest BCUT2D eigenvalue weighted by atomic mass is 35.5. The molecule has 0 unspecified atom stereocenters. The lowest BCUT2D eigenvalue weighted by Crippen LogP contribution is -1.73. The summed E-state index contributed by atoms with van der Waals surface area (Å²) in [6.07, 6.45) is 1.54. The van der Waals surface area contributed by atoms with E-state index in [4.69, 9.17) is 39.9 Å². The molecule has 0 heterocycles. The number of phenols is 1. The van der Waals surface area contributed by atoms with E-state index in [-0.39, 0.29) is 15.3 Å². The van der Waals surface area contributed by atoms with E-state index in [1.54, 1.807) is 12.1 Å². The third-order valence-corrected chi connectivity index (χ3v) is 1.77. The number of halogens is 3. The quantitative estimate of drug-likeness (QED) is 0.767. The van der Waals surface area contributed by atoms with E-state index < -0.39 is 0 Å². The van der Waals surface area contributed by atoms with Crippen LogP contribution in [0, 0.1) is 0 Å². The van der Waals surface area contributed by atoms with Crippen molar-refractivity contribution < 1.29 is 5.11 Å². The molecular weight excluding hydrogens is 218 g/mol. The Morgan fingerprint density at radius 1 is 1.33 bits per heavy atom. The molecule has 0 fully saturated rings. The molecule has 0 aliphatic rings. The predicted octanol–water partition coefficient (Wildman–Crippen LogP) is 3.82. The van der Waals surface area contributed by atoms with E-state index >= 15 is 0 Å². The van der Waals surface area contributed by atoms with Crippen molar-refractivity contribution in [3.05, 3.63) is 33.3 Å². The van der Waals surface area contributed by atoms with Crippen LogP contribution < -0.4 is 0 Å². The summed E-state index contributed by atoms with van der Waals surface area (Å²) in [6, 6.07) is 4.71. The van der Waals surface area contributed by atoms with Gasteiger partial charge in [-0.2, -0.15) is 0 Å². The van der Waals surface area contributed by atoms with Gasteiger partial charge in [-0.1, -0.05) is 40.9 Å². The molecule has 0 aromatic heterocycles. The van der Waals surface area contributed by atoms with E-state index in [0.29, 0.717) is 0 Å². The van der Waals surface area contributed by atoms with Gasteiger partial charge in [-0.3, -0.25) is 0 Å². The average Bonchev–Trinajstić information content (AvgIpc) is 1.96. The number of benzene rings is 1. The molecule has 0 saturated heterocycles. The molecule has 1 nitrogen and oxygen atoms in total. The van der Waals surface area contributed by atoms with Crippen LogP contribution in [0.15, 0.2) is 22.7 Å². The summed E-state index contributed by atoms with van der Waals surface area (Å²) in [4.78, 5) is 0. The van der Waals surface area contributed by atoms with Crippen molar-refractivity contribution in [3.63, 3.8) is 0 Å². The summed E-state index contributed by atoms with van der Waals surface area (Å²) in [5.41, 5.74) is 0.748. The first-order valence-corrected chi connectivity index (χ1v) is 4.24. The molecule has 12 heavy (non-hydrogen) atoms. The van der Waals surface area contributed by atoms with E-state index in [1.165, 1.54) is 12.1 Å². The highest BCUT2D eigenvalue weighted by molar-refractivity contribution is 6.57. The largest absolute Gasteiger partial charge is 0.506 e. The van der Waals surface area contributed by atoms with Crippen molar-refractivity contribution in [1.29, 1.82) is 0 Å². The lowest BCUT2D eigenvalue weighted by molar-refractivity contribution is 0.475. The zero-order valence-electron chi connectivity index (χ0n) is 5.89. The summed E-state index contributed by atoms with van der Waals surface area (Å²) < 4.78 is 0.150. The Labute approximate surface area is 85.2 Å². The molecule has 0 bridgehead atoms. The third kappa shape index (κ3) is 2.59. The first kappa shape index (κ1) is 9.72. The molecule has 0 aliphatic carbocycles. The molecule has 0 aliphatic heterocycles. The molecule has 0 saturated carbocycles. The van der Waals surface area contributed by atoms with Crippen LogP contribution in [-0.2, 0) is 0 Å². The minimum atomic E-state index is 0.0412. The molecule has 1 N–H and O–H groups in total. The molecule has 0 atom stereocenters. The Bertz CT molecular complexity index is 316. The van der Waals surface area contributed by atoms with Gasteiger partial charge in [0.15, 0.2) is 0 Å². The van der Waals surface area contributed by atoms with Gasteiger partial charge in [0.25, 0.3) is 0 Å². The maximum atomic E-state index is 9.06. The van der Waals surface area contributed by atoms with Crippen LogP contribution in [0.5, 0.6) is 5.75 Å². The Morgan fingerprint density at radius 3 is 2.50 bits per heavy atom. The van der Waals surface area contributed by atoms with Crippen LogP contribution in [0.3, 0.4) is 0 Å². The second-order valence-electron chi connectivity index (χ2n) is 2.14. The maximum Gasteiger partial charge on any atom is 0.134 e. The highest BCUT2D eigenvalue weighted by Crippen LogP contribution is 2.25. The van der Waals surface area contributed by atoms with Crippen molar-refractivity contribution in [2.45, 2.75) is 0 Å². The van der Waals surface area contributed by atoms with Gasteiger partial charge in [0, 0.05) is 0 Å². The van der Waals surface area contributed by atoms with Crippen LogP contribution in [0.4, 0.5) is 0 Å². The summed E-state index contributed by atoms with van der Waals surface area (Å²) in [5, 5.41) is 9.34. The Hall–Kier alpha value is -0.370. The molecule has 0 radical (unpaired) electrons. The van der Waals surface area contributed by atoms with Gasteiger partial charge in [-0.05, 0) is 23.8 Å². The molecule has 0 spiro atoms. The number of rotatable bonds is 1. The van der Waals surface area contributed by atoms with E-state index in [1.807, 2.05) is 0 Å².